The third-order valence-electron chi connectivity index (χ3n) is 3.61. The molecule has 24 heavy (non-hydrogen) atoms. The fraction of sp³-hybridized carbons (Fsp3) is 0.111. The molecule has 1 aromatic heterocycles. The Morgan fingerprint density at radius 2 is 1.79 bits per heavy atom. The standard InChI is InChI=1S/C18H14O6/c1-10-15(17(19)20)13-9-12(7-8-14(13)23-10)24-16(18(21)22)11-5-3-2-4-6-11/h2-9,16H,1H3,(H,19,20)(H,21,22)/p-2/t16-/m1/s1. The molecule has 1 heterocycles. The van der Waals surface area contributed by atoms with Crippen LogP contribution in [0.4, 0.5) is 0 Å². The maximum absolute atomic E-state index is 11.4. The first kappa shape index (κ1) is 15.6. The van der Waals surface area contributed by atoms with Gasteiger partial charge in [0.15, 0.2) is 6.10 Å². The number of carboxylic acid groups (broad SMARTS) is 2. The van der Waals surface area contributed by atoms with E-state index >= 15 is 0 Å². The third kappa shape index (κ3) is 2.81. The van der Waals surface area contributed by atoms with E-state index in [4.69, 9.17) is 9.15 Å². The normalized spacial score (nSPS) is 12.0. The monoisotopic (exact) mass is 324 g/mol. The Hall–Kier alpha value is -3.28. The Balaban J connectivity index is 2.01. The SMILES string of the molecule is Cc1oc2ccc(O[C@@H](C(=O)[O-])c3ccccc3)cc2c1C(=O)[O-]. The highest BCUT2D eigenvalue weighted by Gasteiger charge is 2.17. The molecule has 3 aromatic rings. The summed E-state index contributed by atoms with van der Waals surface area (Å²) in [6, 6.07) is 12.8. The molecule has 122 valence electrons. The van der Waals surface area contributed by atoms with Crippen molar-refractivity contribution in [3.8, 4) is 5.75 Å². The molecule has 0 amide bonds. The summed E-state index contributed by atoms with van der Waals surface area (Å²) in [5.41, 5.74) is 0.685. The number of fused-ring (bicyclic) bond motifs is 1. The zero-order valence-electron chi connectivity index (χ0n) is 12.6. The summed E-state index contributed by atoms with van der Waals surface area (Å²) < 4.78 is 10.8. The average molecular weight is 324 g/mol. The lowest BCUT2D eigenvalue weighted by molar-refractivity contribution is -0.314. The maximum atomic E-state index is 11.4. The number of hydrogen-bond donors (Lipinski definition) is 0. The second-order valence-electron chi connectivity index (χ2n) is 5.21. The van der Waals surface area contributed by atoms with Gasteiger partial charge in [-0.05, 0) is 30.7 Å². The van der Waals surface area contributed by atoms with Gasteiger partial charge in [0.2, 0.25) is 0 Å². The highest BCUT2D eigenvalue weighted by molar-refractivity contribution is 6.03. The lowest BCUT2D eigenvalue weighted by atomic mass is 10.1. The fourth-order valence-electron chi connectivity index (χ4n) is 2.54. The van der Waals surface area contributed by atoms with E-state index in [1.54, 1.807) is 30.3 Å². The number of ether oxygens (including phenoxy) is 1. The smallest absolute Gasteiger partial charge is 0.163 e. The predicted octanol–water partition coefficient (Wildman–Crippen LogP) is 0.975. The van der Waals surface area contributed by atoms with Gasteiger partial charge in [-0.2, -0.15) is 0 Å². The second-order valence-corrected chi connectivity index (χ2v) is 5.21. The van der Waals surface area contributed by atoms with Gasteiger partial charge in [0.05, 0.1) is 11.9 Å². The van der Waals surface area contributed by atoms with Crippen molar-refractivity contribution in [2.45, 2.75) is 13.0 Å². The summed E-state index contributed by atoms with van der Waals surface area (Å²) >= 11 is 0. The van der Waals surface area contributed by atoms with Crippen LogP contribution in [-0.2, 0) is 4.79 Å². The summed E-state index contributed by atoms with van der Waals surface area (Å²) in [5, 5.41) is 22.9. The summed E-state index contributed by atoms with van der Waals surface area (Å²) in [7, 11) is 0. The Bertz CT molecular complexity index is 910. The fourth-order valence-corrected chi connectivity index (χ4v) is 2.54. The molecule has 6 heteroatoms. The van der Waals surface area contributed by atoms with Crippen LogP contribution in [0.25, 0.3) is 11.0 Å². The van der Waals surface area contributed by atoms with E-state index in [9.17, 15) is 19.8 Å². The highest BCUT2D eigenvalue weighted by Crippen LogP contribution is 2.30. The number of furan rings is 1. The minimum absolute atomic E-state index is 0.0832. The van der Waals surface area contributed by atoms with Crippen molar-refractivity contribution in [3.05, 3.63) is 65.4 Å². The molecule has 0 radical (unpaired) electrons. The van der Waals surface area contributed by atoms with Crippen molar-refractivity contribution in [1.29, 1.82) is 0 Å². The molecule has 0 bridgehead atoms. The lowest BCUT2D eigenvalue weighted by Gasteiger charge is -2.20. The molecule has 0 unspecified atom stereocenters. The van der Waals surface area contributed by atoms with Crippen LogP contribution in [0.3, 0.4) is 0 Å². The first-order valence-corrected chi connectivity index (χ1v) is 7.14. The summed E-state index contributed by atoms with van der Waals surface area (Å²) in [5.74, 6) is -2.38. The zero-order chi connectivity index (χ0) is 17.3. The van der Waals surface area contributed by atoms with Crippen molar-refractivity contribution >= 4 is 22.9 Å². The van der Waals surface area contributed by atoms with Gasteiger partial charge in [-0.25, -0.2) is 0 Å². The summed E-state index contributed by atoms with van der Waals surface area (Å²) in [6.07, 6.45) is -1.32. The first-order chi connectivity index (χ1) is 11.5. The van der Waals surface area contributed by atoms with Gasteiger partial charge in [0.1, 0.15) is 17.1 Å². The van der Waals surface area contributed by atoms with Gasteiger partial charge >= 0.3 is 0 Å². The Labute approximate surface area is 136 Å². The molecule has 3 rings (SSSR count). The molecule has 0 saturated carbocycles. The van der Waals surface area contributed by atoms with E-state index in [2.05, 4.69) is 0 Å². The summed E-state index contributed by atoms with van der Waals surface area (Å²) in [6.45, 7) is 1.51. The van der Waals surface area contributed by atoms with Crippen LogP contribution in [0.2, 0.25) is 0 Å². The molecule has 0 aliphatic carbocycles. The van der Waals surface area contributed by atoms with Crippen molar-refractivity contribution < 1.29 is 29.0 Å². The molecule has 0 N–H and O–H groups in total. The van der Waals surface area contributed by atoms with E-state index in [1.165, 1.54) is 25.1 Å². The molecular weight excluding hydrogens is 312 g/mol. The number of carbonyl (C=O) groups is 2. The Kier molecular flexibility index (Phi) is 3.95. The van der Waals surface area contributed by atoms with Crippen LogP contribution in [0.5, 0.6) is 5.75 Å². The van der Waals surface area contributed by atoms with Crippen LogP contribution >= 0.6 is 0 Å². The number of aliphatic carboxylic acids is 1. The van der Waals surface area contributed by atoms with Crippen LogP contribution in [0.15, 0.2) is 52.9 Å². The number of hydrogen-bond acceptors (Lipinski definition) is 6. The quantitative estimate of drug-likeness (QED) is 0.693. The molecule has 6 nitrogen and oxygen atoms in total. The minimum Gasteiger partial charge on any atom is -0.546 e. The third-order valence-corrected chi connectivity index (χ3v) is 3.61. The number of aryl methyl sites for hydroxylation is 1. The molecule has 0 spiro atoms. The molecule has 2 aromatic carbocycles. The molecule has 0 aliphatic heterocycles. The van der Waals surface area contributed by atoms with Crippen molar-refractivity contribution in [3.63, 3.8) is 0 Å². The number of carboxylic acids is 2. The zero-order valence-corrected chi connectivity index (χ0v) is 12.6. The Morgan fingerprint density at radius 3 is 2.42 bits per heavy atom. The summed E-state index contributed by atoms with van der Waals surface area (Å²) in [4.78, 5) is 22.6. The van der Waals surface area contributed by atoms with Crippen molar-refractivity contribution in [1.82, 2.24) is 0 Å². The topological polar surface area (TPSA) is 103 Å². The van der Waals surface area contributed by atoms with Crippen molar-refractivity contribution in [2.24, 2.45) is 0 Å². The lowest BCUT2D eigenvalue weighted by Crippen LogP contribution is -2.33. The van der Waals surface area contributed by atoms with Crippen LogP contribution < -0.4 is 14.9 Å². The van der Waals surface area contributed by atoms with E-state index in [1.807, 2.05) is 0 Å². The van der Waals surface area contributed by atoms with E-state index < -0.39 is 18.0 Å². The second kappa shape index (κ2) is 6.08. The van der Waals surface area contributed by atoms with E-state index in [0.717, 1.165) is 0 Å². The molecule has 1 atom stereocenters. The molecule has 0 aliphatic rings. The number of benzene rings is 2. The molecule has 0 fully saturated rings. The van der Waals surface area contributed by atoms with E-state index in [0.29, 0.717) is 11.1 Å². The van der Waals surface area contributed by atoms with Gasteiger partial charge < -0.3 is 29.0 Å². The van der Waals surface area contributed by atoms with Crippen LogP contribution in [-0.4, -0.2) is 11.9 Å². The minimum atomic E-state index is -1.40. The van der Waals surface area contributed by atoms with Crippen molar-refractivity contribution in [2.75, 3.05) is 0 Å². The van der Waals surface area contributed by atoms with Gasteiger partial charge in [0, 0.05) is 10.9 Å². The average Bonchev–Trinajstić information content (AvgIpc) is 2.88. The first-order valence-electron chi connectivity index (χ1n) is 7.14. The Morgan fingerprint density at radius 1 is 1.08 bits per heavy atom. The largest absolute Gasteiger partial charge is 0.546 e. The molecular formula is C18H12O6-2. The van der Waals surface area contributed by atoms with Crippen LogP contribution in [0.1, 0.15) is 27.8 Å². The van der Waals surface area contributed by atoms with Gasteiger partial charge in [-0.15, -0.1) is 0 Å². The van der Waals surface area contributed by atoms with Gasteiger partial charge in [-0.1, -0.05) is 30.3 Å². The number of rotatable bonds is 5. The molecule has 0 saturated heterocycles. The highest BCUT2D eigenvalue weighted by atomic mass is 16.5. The number of carbonyl (C=O) groups excluding carboxylic acids is 2. The number of aromatic carboxylic acids is 1. The predicted molar refractivity (Wildman–Crippen MR) is 80.1 cm³/mol. The van der Waals surface area contributed by atoms with Gasteiger partial charge in [0.25, 0.3) is 0 Å². The maximum Gasteiger partial charge on any atom is 0.163 e. The van der Waals surface area contributed by atoms with Crippen LogP contribution in [0, 0.1) is 6.92 Å². The van der Waals surface area contributed by atoms with Gasteiger partial charge in [-0.3, -0.25) is 0 Å². The van der Waals surface area contributed by atoms with E-state index in [-0.39, 0.29) is 22.5 Å².